The highest BCUT2D eigenvalue weighted by atomic mass is 32.2. The molecule has 42 heavy (non-hydrogen) atoms. The van der Waals surface area contributed by atoms with E-state index in [1.54, 1.807) is 18.6 Å². The van der Waals surface area contributed by atoms with Crippen LogP contribution in [0.3, 0.4) is 0 Å². The van der Waals surface area contributed by atoms with Crippen LogP contribution in [-0.2, 0) is 14.6 Å². The number of H-pyrrole nitrogens is 1. The summed E-state index contributed by atoms with van der Waals surface area (Å²) in [5.74, 6) is -0.625. The van der Waals surface area contributed by atoms with Crippen LogP contribution in [0.2, 0.25) is 0 Å². The van der Waals surface area contributed by atoms with Gasteiger partial charge in [-0.25, -0.2) is 22.8 Å². The zero-order valence-electron chi connectivity index (χ0n) is 23.8. The Hall–Kier alpha value is -4.01. The molecule has 220 valence electrons. The number of nitrogens with one attached hydrogen (secondary N) is 3. The second kappa shape index (κ2) is 10.4. The van der Waals surface area contributed by atoms with Gasteiger partial charge in [-0.2, -0.15) is 5.10 Å². The Labute approximate surface area is 242 Å². The molecule has 1 aromatic carbocycles. The minimum atomic E-state index is -3.76. The predicted molar refractivity (Wildman–Crippen MR) is 157 cm³/mol. The van der Waals surface area contributed by atoms with E-state index in [0.717, 1.165) is 38.0 Å². The van der Waals surface area contributed by atoms with Crippen molar-refractivity contribution in [1.29, 1.82) is 0 Å². The van der Waals surface area contributed by atoms with Crippen molar-refractivity contribution >= 4 is 44.1 Å². The maximum atomic E-state index is 14.9. The highest BCUT2D eigenvalue weighted by molar-refractivity contribution is 7.90. The summed E-state index contributed by atoms with van der Waals surface area (Å²) in [4.78, 5) is 29.5. The van der Waals surface area contributed by atoms with Gasteiger partial charge in [-0.1, -0.05) is 13.0 Å². The van der Waals surface area contributed by atoms with Crippen LogP contribution >= 0.6 is 0 Å². The number of carbonyl (C=O) groups excluding carboxylic acids is 1. The number of sulfone groups is 1. The summed E-state index contributed by atoms with van der Waals surface area (Å²) >= 11 is 0. The third-order valence-electron chi connectivity index (χ3n) is 8.00. The van der Waals surface area contributed by atoms with E-state index in [0.29, 0.717) is 39.8 Å². The topological polar surface area (TPSA) is 149 Å². The van der Waals surface area contributed by atoms with Gasteiger partial charge in [0.25, 0.3) is 0 Å². The number of carbonyl (C=O) groups is 1. The Kier molecular flexibility index (Phi) is 6.94. The SMILES string of the molecule is CC[C@H](C(=O)Nc1nncc2c(-c3nc(Nc4cccc(S(C)(=O)=O)c4F)ncc3C)c[nH]c12)N1CC2(CN(C)C2)C1. The van der Waals surface area contributed by atoms with E-state index < -0.39 is 20.5 Å². The molecule has 1 amide bonds. The van der Waals surface area contributed by atoms with Crippen LogP contribution in [0, 0.1) is 18.2 Å². The largest absolute Gasteiger partial charge is 0.357 e. The first kappa shape index (κ1) is 28.1. The second-order valence-corrected chi connectivity index (χ2v) is 13.4. The van der Waals surface area contributed by atoms with Crippen LogP contribution in [0.5, 0.6) is 0 Å². The molecule has 0 aliphatic carbocycles. The number of rotatable bonds is 8. The van der Waals surface area contributed by atoms with E-state index in [2.05, 4.69) is 52.6 Å². The van der Waals surface area contributed by atoms with Crippen LogP contribution in [0.15, 0.2) is 41.7 Å². The van der Waals surface area contributed by atoms with Crippen LogP contribution < -0.4 is 10.6 Å². The lowest BCUT2D eigenvalue weighted by atomic mass is 9.72. The minimum Gasteiger partial charge on any atom is -0.357 e. The van der Waals surface area contributed by atoms with Gasteiger partial charge >= 0.3 is 0 Å². The van der Waals surface area contributed by atoms with Gasteiger partial charge < -0.3 is 20.5 Å². The molecule has 2 saturated heterocycles. The van der Waals surface area contributed by atoms with Gasteiger partial charge in [0, 0.05) is 61.2 Å². The van der Waals surface area contributed by atoms with E-state index in [-0.39, 0.29) is 23.6 Å². The Morgan fingerprint density at radius 1 is 1.21 bits per heavy atom. The smallest absolute Gasteiger partial charge is 0.242 e. The first-order valence-corrected chi connectivity index (χ1v) is 15.5. The van der Waals surface area contributed by atoms with Crippen LogP contribution in [0.1, 0.15) is 18.9 Å². The van der Waals surface area contributed by atoms with E-state index in [1.165, 1.54) is 18.2 Å². The Morgan fingerprint density at radius 2 is 1.98 bits per heavy atom. The molecule has 0 saturated carbocycles. The number of anilines is 3. The molecule has 4 aromatic rings. The highest BCUT2D eigenvalue weighted by Crippen LogP contribution is 2.40. The van der Waals surface area contributed by atoms with Gasteiger partial charge in [0.05, 0.1) is 29.1 Å². The number of likely N-dealkylation sites (tertiary alicyclic amines) is 2. The maximum absolute atomic E-state index is 14.9. The molecule has 3 aromatic heterocycles. The summed E-state index contributed by atoms with van der Waals surface area (Å²) in [6.45, 7) is 7.81. The molecule has 1 spiro atoms. The highest BCUT2D eigenvalue weighted by Gasteiger charge is 2.52. The van der Waals surface area contributed by atoms with E-state index >= 15 is 0 Å². The molecule has 12 nitrogen and oxygen atoms in total. The van der Waals surface area contributed by atoms with Crippen molar-refractivity contribution in [2.45, 2.75) is 31.2 Å². The van der Waals surface area contributed by atoms with Crippen LogP contribution in [0.25, 0.3) is 22.2 Å². The number of fused-ring (bicyclic) bond motifs is 1. The number of aromatic nitrogens is 5. The molecule has 0 bridgehead atoms. The molecule has 3 N–H and O–H groups in total. The molecule has 0 radical (unpaired) electrons. The van der Waals surface area contributed by atoms with Gasteiger partial charge in [-0.15, -0.1) is 5.10 Å². The second-order valence-electron chi connectivity index (χ2n) is 11.4. The quantitative estimate of drug-likeness (QED) is 0.278. The number of hydrogen-bond donors (Lipinski definition) is 3. The van der Waals surface area contributed by atoms with Crippen LogP contribution in [0.4, 0.5) is 21.8 Å². The summed E-state index contributed by atoms with van der Waals surface area (Å²) in [6, 6.07) is 3.81. The molecule has 0 unspecified atom stereocenters. The number of nitrogens with zero attached hydrogens (tertiary/aromatic N) is 6. The molecule has 14 heteroatoms. The first-order valence-electron chi connectivity index (χ1n) is 13.6. The summed E-state index contributed by atoms with van der Waals surface area (Å²) in [7, 11) is -1.65. The third kappa shape index (κ3) is 4.99. The summed E-state index contributed by atoms with van der Waals surface area (Å²) in [5, 5.41) is 14.8. The van der Waals surface area contributed by atoms with Gasteiger partial charge in [0.1, 0.15) is 4.90 Å². The molecule has 5 heterocycles. The van der Waals surface area contributed by atoms with Gasteiger partial charge in [-0.3, -0.25) is 9.69 Å². The maximum Gasteiger partial charge on any atom is 0.242 e. The molecular formula is C28H32FN9O3S. The van der Waals surface area contributed by atoms with Crippen molar-refractivity contribution in [3.63, 3.8) is 0 Å². The van der Waals surface area contributed by atoms with Gasteiger partial charge in [0.15, 0.2) is 21.5 Å². The summed E-state index contributed by atoms with van der Waals surface area (Å²) in [6.07, 6.45) is 6.55. The standard InChI is InChI=1S/C28H32FN9O3S/c1-5-20(38-14-28(15-38)12-37(3)13-28)26(39)35-25-24-18(11-32-36-25)17(10-30-24)23-16(2)9-31-27(34-23)33-19-7-6-8-21(22(19)29)42(4,40)41/h6-11,20,30H,5,12-15H2,1-4H3,(H,31,33,34)(H,35,36,39)/t20-/m1/s1. The Balaban J connectivity index is 1.25. The number of aromatic amines is 1. The van der Waals surface area contributed by atoms with E-state index in [9.17, 15) is 17.6 Å². The monoisotopic (exact) mass is 593 g/mol. The minimum absolute atomic E-state index is 0.0644. The Morgan fingerprint density at radius 3 is 2.67 bits per heavy atom. The third-order valence-corrected chi connectivity index (χ3v) is 9.11. The number of hydrogen-bond acceptors (Lipinski definition) is 10. The number of benzene rings is 1. The fourth-order valence-electron chi connectivity index (χ4n) is 6.18. The first-order chi connectivity index (χ1) is 20.0. The van der Waals surface area contributed by atoms with Crippen molar-refractivity contribution < 1.29 is 17.6 Å². The normalized spacial score (nSPS) is 17.5. The lowest BCUT2D eigenvalue weighted by Gasteiger charge is -2.61. The van der Waals surface area contributed by atoms with E-state index in [1.807, 2.05) is 13.8 Å². The zero-order valence-corrected chi connectivity index (χ0v) is 24.6. The van der Waals surface area contributed by atoms with Crippen molar-refractivity contribution in [3.05, 3.63) is 48.2 Å². The van der Waals surface area contributed by atoms with Crippen LogP contribution in [-0.4, -0.2) is 94.8 Å². The molecule has 1 atom stereocenters. The summed E-state index contributed by atoms with van der Waals surface area (Å²) < 4.78 is 38.8. The number of aryl methyl sites for hydroxylation is 1. The fraction of sp³-hybridized carbons (Fsp3) is 0.393. The van der Waals surface area contributed by atoms with E-state index in [4.69, 9.17) is 0 Å². The molecule has 6 rings (SSSR count). The van der Waals surface area contributed by atoms with Crippen molar-refractivity contribution in [3.8, 4) is 11.3 Å². The number of amides is 1. The zero-order chi connectivity index (χ0) is 29.8. The molecule has 2 fully saturated rings. The van der Waals surface area contributed by atoms with Crippen molar-refractivity contribution in [2.75, 3.05) is 50.1 Å². The van der Waals surface area contributed by atoms with Crippen molar-refractivity contribution in [2.24, 2.45) is 5.41 Å². The van der Waals surface area contributed by atoms with Crippen molar-refractivity contribution in [1.82, 2.24) is 34.9 Å². The fourth-order valence-corrected chi connectivity index (χ4v) is 6.94. The van der Waals surface area contributed by atoms with Gasteiger partial charge in [-0.05, 0) is 38.1 Å². The molecule has 2 aliphatic rings. The lowest BCUT2D eigenvalue weighted by Crippen LogP contribution is -2.73. The summed E-state index contributed by atoms with van der Waals surface area (Å²) in [5.41, 5.74) is 2.84. The lowest BCUT2D eigenvalue weighted by molar-refractivity contribution is -0.142. The number of halogens is 1. The molecular weight excluding hydrogens is 561 g/mol. The average Bonchev–Trinajstić information content (AvgIpc) is 3.33. The van der Waals surface area contributed by atoms with Gasteiger partial charge in [0.2, 0.25) is 11.9 Å². The Bertz CT molecular complexity index is 1800. The predicted octanol–water partition coefficient (Wildman–Crippen LogP) is 2.97. The molecule has 2 aliphatic heterocycles. The average molecular weight is 594 g/mol.